The van der Waals surface area contributed by atoms with E-state index in [2.05, 4.69) is 4.99 Å². The standard InChI is InChI=1S/C12H10F3NO3/c1-11(10(17)18)6-19-9(16-11)7-2-4-8(5-3-7)12(13,14)15/h2-5H,6H2,1H3,(H,17,18). The van der Waals surface area contributed by atoms with Crippen molar-refractivity contribution in [1.29, 1.82) is 0 Å². The van der Waals surface area contributed by atoms with E-state index in [0.29, 0.717) is 5.56 Å². The highest BCUT2D eigenvalue weighted by molar-refractivity contribution is 5.98. The molecule has 1 aliphatic rings. The number of nitrogens with zero attached hydrogens (tertiary/aromatic N) is 1. The molecule has 2 rings (SSSR count). The summed E-state index contributed by atoms with van der Waals surface area (Å²) in [5.41, 5.74) is -1.85. The van der Waals surface area contributed by atoms with Crippen molar-refractivity contribution in [1.82, 2.24) is 0 Å². The molecule has 0 bridgehead atoms. The summed E-state index contributed by atoms with van der Waals surface area (Å²) in [6, 6.07) is 4.21. The quantitative estimate of drug-likeness (QED) is 0.899. The van der Waals surface area contributed by atoms with E-state index in [0.717, 1.165) is 12.1 Å². The highest BCUT2D eigenvalue weighted by Crippen LogP contribution is 2.30. The minimum atomic E-state index is -4.41. The fourth-order valence-corrected chi connectivity index (χ4v) is 1.56. The summed E-state index contributed by atoms with van der Waals surface area (Å²) < 4.78 is 42.3. The number of benzene rings is 1. The fraction of sp³-hybridized carbons (Fsp3) is 0.333. The van der Waals surface area contributed by atoms with Crippen molar-refractivity contribution in [3.05, 3.63) is 35.4 Å². The van der Waals surface area contributed by atoms with Gasteiger partial charge < -0.3 is 9.84 Å². The lowest BCUT2D eigenvalue weighted by atomic mass is 10.1. The number of carboxylic acids is 1. The first-order chi connectivity index (χ1) is 8.72. The lowest BCUT2D eigenvalue weighted by Gasteiger charge is -2.10. The van der Waals surface area contributed by atoms with Gasteiger partial charge in [0.25, 0.3) is 0 Å². The SMILES string of the molecule is CC1(C(=O)O)COC(c2ccc(C(F)(F)F)cc2)=N1. The molecule has 1 atom stereocenters. The van der Waals surface area contributed by atoms with E-state index in [9.17, 15) is 18.0 Å². The van der Waals surface area contributed by atoms with E-state index < -0.39 is 23.2 Å². The molecular formula is C12H10F3NO3. The lowest BCUT2D eigenvalue weighted by Crippen LogP contribution is -2.34. The molecule has 1 N–H and O–H groups in total. The molecule has 0 spiro atoms. The molecule has 7 heteroatoms. The average Bonchev–Trinajstić information content (AvgIpc) is 2.72. The van der Waals surface area contributed by atoms with Crippen LogP contribution < -0.4 is 0 Å². The van der Waals surface area contributed by atoms with Gasteiger partial charge in [-0.05, 0) is 31.2 Å². The number of rotatable bonds is 2. The molecule has 0 aliphatic carbocycles. The van der Waals surface area contributed by atoms with Crippen LogP contribution in [0.2, 0.25) is 0 Å². The molecule has 0 amide bonds. The number of aliphatic carboxylic acids is 1. The summed E-state index contributed by atoms with van der Waals surface area (Å²) in [4.78, 5) is 14.8. The van der Waals surface area contributed by atoms with Crippen LogP contribution in [0, 0.1) is 0 Å². The van der Waals surface area contributed by atoms with E-state index in [-0.39, 0.29) is 12.5 Å². The average molecular weight is 273 g/mol. The third kappa shape index (κ3) is 2.54. The molecule has 1 aromatic rings. The number of aliphatic imine (C=N–C) groups is 1. The van der Waals surface area contributed by atoms with Gasteiger partial charge in [0.05, 0.1) is 5.56 Å². The topological polar surface area (TPSA) is 58.9 Å². The molecule has 1 aromatic carbocycles. The normalized spacial score (nSPS) is 22.8. The molecule has 0 radical (unpaired) electrons. The Morgan fingerprint density at radius 1 is 1.37 bits per heavy atom. The zero-order valence-corrected chi connectivity index (χ0v) is 9.86. The van der Waals surface area contributed by atoms with Crippen LogP contribution in [0.25, 0.3) is 0 Å². The van der Waals surface area contributed by atoms with Crippen molar-refractivity contribution >= 4 is 11.9 Å². The molecule has 1 heterocycles. The lowest BCUT2D eigenvalue weighted by molar-refractivity contribution is -0.143. The van der Waals surface area contributed by atoms with Crippen molar-refractivity contribution < 1.29 is 27.8 Å². The summed E-state index contributed by atoms with van der Waals surface area (Å²) in [6.45, 7) is 1.24. The number of alkyl halides is 3. The number of hydrogen-bond acceptors (Lipinski definition) is 3. The van der Waals surface area contributed by atoms with Crippen LogP contribution in [-0.2, 0) is 15.7 Å². The second-order valence-electron chi connectivity index (χ2n) is 4.36. The molecule has 4 nitrogen and oxygen atoms in total. The van der Waals surface area contributed by atoms with Crippen LogP contribution in [0.5, 0.6) is 0 Å². The predicted molar refractivity (Wildman–Crippen MR) is 60.0 cm³/mol. The van der Waals surface area contributed by atoms with Gasteiger partial charge in [-0.15, -0.1) is 0 Å². The monoisotopic (exact) mass is 273 g/mol. The highest BCUT2D eigenvalue weighted by Gasteiger charge is 2.40. The molecule has 1 aliphatic heterocycles. The number of carbonyl (C=O) groups is 1. The van der Waals surface area contributed by atoms with Crippen molar-refractivity contribution in [2.24, 2.45) is 4.99 Å². The minimum Gasteiger partial charge on any atom is -0.479 e. The molecular weight excluding hydrogens is 263 g/mol. The summed E-state index contributed by atoms with van der Waals surface area (Å²) in [5.74, 6) is -1.10. The van der Waals surface area contributed by atoms with Gasteiger partial charge in [0.15, 0.2) is 5.54 Å². The van der Waals surface area contributed by atoms with Gasteiger partial charge in [-0.25, -0.2) is 9.79 Å². The first-order valence-corrected chi connectivity index (χ1v) is 5.36. The Morgan fingerprint density at radius 3 is 2.37 bits per heavy atom. The third-order valence-electron chi connectivity index (χ3n) is 2.76. The Balaban J connectivity index is 2.28. The summed E-state index contributed by atoms with van der Waals surface area (Å²) in [6.07, 6.45) is -4.41. The second kappa shape index (κ2) is 4.25. The van der Waals surface area contributed by atoms with Crippen molar-refractivity contribution in [3.8, 4) is 0 Å². The Hall–Kier alpha value is -2.05. The molecule has 0 aromatic heterocycles. The maximum absolute atomic E-state index is 12.4. The van der Waals surface area contributed by atoms with Gasteiger partial charge in [0.1, 0.15) is 6.61 Å². The van der Waals surface area contributed by atoms with Crippen LogP contribution in [0.3, 0.4) is 0 Å². The van der Waals surface area contributed by atoms with Crippen LogP contribution in [0.4, 0.5) is 13.2 Å². The zero-order valence-electron chi connectivity index (χ0n) is 9.86. The second-order valence-corrected chi connectivity index (χ2v) is 4.36. The van der Waals surface area contributed by atoms with Crippen LogP contribution in [-0.4, -0.2) is 29.1 Å². The minimum absolute atomic E-state index is 0.0404. The van der Waals surface area contributed by atoms with E-state index in [1.807, 2.05) is 0 Å². The van der Waals surface area contributed by atoms with Crippen molar-refractivity contribution in [2.75, 3.05) is 6.61 Å². The first kappa shape index (κ1) is 13.4. The van der Waals surface area contributed by atoms with Crippen LogP contribution in [0.15, 0.2) is 29.3 Å². The Morgan fingerprint density at radius 2 is 1.95 bits per heavy atom. The highest BCUT2D eigenvalue weighted by atomic mass is 19.4. The van der Waals surface area contributed by atoms with Crippen molar-refractivity contribution in [3.63, 3.8) is 0 Å². The third-order valence-corrected chi connectivity index (χ3v) is 2.76. The van der Waals surface area contributed by atoms with Crippen LogP contribution in [0.1, 0.15) is 18.1 Å². The smallest absolute Gasteiger partial charge is 0.416 e. The molecule has 0 fully saturated rings. The van der Waals surface area contributed by atoms with Crippen molar-refractivity contribution in [2.45, 2.75) is 18.6 Å². The van der Waals surface area contributed by atoms with E-state index in [1.54, 1.807) is 0 Å². The summed E-state index contributed by atoms with van der Waals surface area (Å²) in [5, 5.41) is 8.95. The van der Waals surface area contributed by atoms with Crippen LogP contribution >= 0.6 is 0 Å². The van der Waals surface area contributed by atoms with Gasteiger partial charge in [0.2, 0.25) is 5.90 Å². The van der Waals surface area contributed by atoms with E-state index in [4.69, 9.17) is 9.84 Å². The fourth-order valence-electron chi connectivity index (χ4n) is 1.56. The van der Waals surface area contributed by atoms with Gasteiger partial charge in [-0.2, -0.15) is 13.2 Å². The van der Waals surface area contributed by atoms with E-state index in [1.165, 1.54) is 19.1 Å². The number of hydrogen-bond donors (Lipinski definition) is 1. The number of halogens is 3. The Labute approximate surface area is 106 Å². The summed E-state index contributed by atoms with van der Waals surface area (Å²) in [7, 11) is 0. The van der Waals surface area contributed by atoms with E-state index >= 15 is 0 Å². The zero-order chi connectivity index (χ0) is 14.3. The predicted octanol–water partition coefficient (Wildman–Crippen LogP) is 2.33. The maximum atomic E-state index is 12.4. The van der Waals surface area contributed by atoms with Gasteiger partial charge in [-0.3, -0.25) is 0 Å². The Kier molecular flexibility index (Phi) is 3.00. The molecule has 1 unspecified atom stereocenters. The first-order valence-electron chi connectivity index (χ1n) is 5.36. The number of carboxylic acid groups (broad SMARTS) is 1. The van der Waals surface area contributed by atoms with Gasteiger partial charge in [0, 0.05) is 5.56 Å². The largest absolute Gasteiger partial charge is 0.479 e. The Bertz CT molecular complexity index is 536. The molecule has 102 valence electrons. The molecule has 0 saturated carbocycles. The number of ether oxygens (including phenoxy) is 1. The molecule has 19 heavy (non-hydrogen) atoms. The summed E-state index contributed by atoms with van der Waals surface area (Å²) >= 11 is 0. The van der Waals surface area contributed by atoms with Gasteiger partial charge in [-0.1, -0.05) is 0 Å². The maximum Gasteiger partial charge on any atom is 0.416 e. The molecule has 0 saturated heterocycles. The van der Waals surface area contributed by atoms with Gasteiger partial charge >= 0.3 is 12.1 Å².